The summed E-state index contributed by atoms with van der Waals surface area (Å²) < 4.78 is 0. The predicted octanol–water partition coefficient (Wildman–Crippen LogP) is 3.80. The largest absolute Gasteiger partial charge is 0.389 e. The van der Waals surface area contributed by atoms with Crippen molar-refractivity contribution in [2.45, 2.75) is 30.8 Å². The average molecular weight is 222 g/mol. The van der Waals surface area contributed by atoms with Crippen molar-refractivity contribution < 1.29 is 5.11 Å². The lowest BCUT2D eigenvalue weighted by atomic mass is 10.1. The van der Waals surface area contributed by atoms with E-state index in [1.54, 1.807) is 6.92 Å². The summed E-state index contributed by atoms with van der Waals surface area (Å²) in [6.45, 7) is 5.49. The van der Waals surface area contributed by atoms with Crippen molar-refractivity contribution >= 4 is 11.8 Å². The maximum atomic E-state index is 9.44. The van der Waals surface area contributed by atoms with E-state index in [1.807, 2.05) is 30.0 Å². The Morgan fingerprint density at radius 2 is 2.33 bits per heavy atom. The molecule has 0 amide bonds. The molecule has 1 aromatic rings. The highest BCUT2D eigenvalue weighted by Crippen LogP contribution is 2.23. The third kappa shape index (κ3) is 4.54. The average Bonchev–Trinajstić information content (AvgIpc) is 2.25. The van der Waals surface area contributed by atoms with Crippen LogP contribution in [0.2, 0.25) is 0 Å². The van der Waals surface area contributed by atoms with E-state index in [-0.39, 0.29) is 6.10 Å². The maximum Gasteiger partial charge on any atom is 0.0762 e. The van der Waals surface area contributed by atoms with Crippen LogP contribution >= 0.6 is 11.8 Å². The molecule has 0 bridgehead atoms. The smallest absolute Gasteiger partial charge is 0.0762 e. The van der Waals surface area contributed by atoms with Crippen molar-refractivity contribution in [2.75, 3.05) is 5.75 Å². The lowest BCUT2D eigenvalue weighted by Crippen LogP contribution is -1.90. The minimum Gasteiger partial charge on any atom is -0.389 e. The number of benzene rings is 1. The second kappa shape index (κ2) is 6.70. The zero-order valence-electron chi connectivity index (χ0n) is 9.15. The van der Waals surface area contributed by atoms with Gasteiger partial charge in [-0.1, -0.05) is 18.2 Å². The van der Waals surface area contributed by atoms with Gasteiger partial charge in [0.1, 0.15) is 0 Å². The van der Waals surface area contributed by atoms with Gasteiger partial charge in [0.2, 0.25) is 0 Å². The van der Waals surface area contributed by atoms with Crippen LogP contribution in [0.1, 0.15) is 31.4 Å². The van der Waals surface area contributed by atoms with Gasteiger partial charge >= 0.3 is 0 Å². The Balaban J connectivity index is 2.46. The topological polar surface area (TPSA) is 20.2 Å². The highest BCUT2D eigenvalue weighted by Gasteiger charge is 2.01. The summed E-state index contributed by atoms with van der Waals surface area (Å²) in [6.07, 6.45) is 3.81. The van der Waals surface area contributed by atoms with Crippen molar-refractivity contribution in [1.29, 1.82) is 0 Å². The first-order valence-electron chi connectivity index (χ1n) is 5.25. The number of unbranched alkanes of at least 4 members (excludes halogenated alkanes) is 1. The quantitative estimate of drug-likeness (QED) is 0.449. The molecule has 0 aromatic heterocycles. The molecule has 1 atom stereocenters. The second-order valence-electron chi connectivity index (χ2n) is 3.53. The molecule has 0 saturated heterocycles. The van der Waals surface area contributed by atoms with Gasteiger partial charge < -0.3 is 5.11 Å². The van der Waals surface area contributed by atoms with Gasteiger partial charge in [0.05, 0.1) is 6.10 Å². The van der Waals surface area contributed by atoms with Crippen LogP contribution in [0, 0.1) is 0 Å². The third-order valence-electron chi connectivity index (χ3n) is 2.16. The summed E-state index contributed by atoms with van der Waals surface area (Å²) in [5.41, 5.74) is 0.990. The molecular weight excluding hydrogens is 204 g/mol. The van der Waals surface area contributed by atoms with Gasteiger partial charge in [0.25, 0.3) is 0 Å². The molecule has 1 N–H and O–H groups in total. The number of rotatable bonds is 6. The van der Waals surface area contributed by atoms with E-state index >= 15 is 0 Å². The maximum absolute atomic E-state index is 9.44. The van der Waals surface area contributed by atoms with Gasteiger partial charge in [-0.3, -0.25) is 0 Å². The number of hydrogen-bond donors (Lipinski definition) is 1. The first kappa shape index (κ1) is 12.3. The summed E-state index contributed by atoms with van der Waals surface area (Å²) in [6, 6.07) is 8.10. The van der Waals surface area contributed by atoms with Crippen LogP contribution in [0.25, 0.3) is 0 Å². The molecule has 1 unspecified atom stereocenters. The van der Waals surface area contributed by atoms with E-state index in [0.29, 0.717) is 0 Å². The minimum atomic E-state index is -0.376. The Hall–Kier alpha value is -0.730. The lowest BCUT2D eigenvalue weighted by molar-refractivity contribution is 0.199. The zero-order chi connectivity index (χ0) is 11.1. The first-order chi connectivity index (χ1) is 7.24. The van der Waals surface area contributed by atoms with Gasteiger partial charge in [0.15, 0.2) is 0 Å². The minimum absolute atomic E-state index is 0.376. The van der Waals surface area contributed by atoms with Crippen LogP contribution in [0.15, 0.2) is 41.8 Å². The Kier molecular flexibility index (Phi) is 5.51. The van der Waals surface area contributed by atoms with Gasteiger partial charge in [-0.2, -0.15) is 0 Å². The van der Waals surface area contributed by atoms with Crippen LogP contribution in [0.3, 0.4) is 0 Å². The fourth-order valence-corrected chi connectivity index (χ4v) is 2.22. The molecule has 2 heteroatoms. The lowest BCUT2D eigenvalue weighted by Gasteiger charge is -2.06. The molecular formula is C13H18OS. The molecule has 15 heavy (non-hydrogen) atoms. The van der Waals surface area contributed by atoms with Gasteiger partial charge in [0, 0.05) is 4.90 Å². The van der Waals surface area contributed by atoms with Crippen LogP contribution in [0.4, 0.5) is 0 Å². The van der Waals surface area contributed by atoms with E-state index < -0.39 is 0 Å². The fraction of sp³-hybridized carbons (Fsp3) is 0.385. The van der Waals surface area contributed by atoms with Gasteiger partial charge in [-0.25, -0.2) is 0 Å². The third-order valence-corrected chi connectivity index (χ3v) is 3.24. The normalized spacial score (nSPS) is 12.4. The predicted molar refractivity (Wildman–Crippen MR) is 67.2 cm³/mol. The molecule has 0 saturated carbocycles. The molecule has 1 rings (SSSR count). The molecule has 1 nitrogen and oxygen atoms in total. The van der Waals surface area contributed by atoms with E-state index in [2.05, 4.69) is 18.7 Å². The highest BCUT2D eigenvalue weighted by molar-refractivity contribution is 7.99. The van der Waals surface area contributed by atoms with Crippen LogP contribution in [-0.2, 0) is 0 Å². The molecule has 0 spiro atoms. The fourth-order valence-electron chi connectivity index (χ4n) is 1.28. The first-order valence-corrected chi connectivity index (χ1v) is 6.24. The summed E-state index contributed by atoms with van der Waals surface area (Å²) in [4.78, 5) is 1.23. The summed E-state index contributed by atoms with van der Waals surface area (Å²) >= 11 is 1.83. The molecule has 0 aliphatic carbocycles. The zero-order valence-corrected chi connectivity index (χ0v) is 9.96. The molecule has 0 radical (unpaired) electrons. The number of hydrogen-bond acceptors (Lipinski definition) is 2. The SMILES string of the molecule is C=CCCCSc1cccc(C(C)O)c1. The van der Waals surface area contributed by atoms with E-state index in [1.165, 1.54) is 4.90 Å². The number of allylic oxidation sites excluding steroid dienone is 1. The molecule has 0 fully saturated rings. The Morgan fingerprint density at radius 3 is 3.00 bits per heavy atom. The van der Waals surface area contributed by atoms with Crippen LogP contribution in [0.5, 0.6) is 0 Å². The van der Waals surface area contributed by atoms with Crippen LogP contribution in [-0.4, -0.2) is 10.9 Å². The summed E-state index contributed by atoms with van der Waals surface area (Å²) in [5, 5.41) is 9.44. The molecule has 82 valence electrons. The summed E-state index contributed by atoms with van der Waals surface area (Å²) in [7, 11) is 0. The van der Waals surface area contributed by atoms with E-state index in [0.717, 1.165) is 24.2 Å². The summed E-state index contributed by atoms with van der Waals surface area (Å²) in [5.74, 6) is 1.11. The Morgan fingerprint density at radius 1 is 1.53 bits per heavy atom. The van der Waals surface area contributed by atoms with Gasteiger partial charge in [-0.15, -0.1) is 18.3 Å². The standard InChI is InChI=1S/C13H18OS/c1-3-4-5-9-15-13-8-6-7-12(10-13)11(2)14/h3,6-8,10-11,14H,1,4-5,9H2,2H3. The number of aliphatic hydroxyl groups is 1. The molecule has 0 aliphatic rings. The Bertz CT molecular complexity index is 307. The van der Waals surface area contributed by atoms with Crippen molar-refractivity contribution in [3.05, 3.63) is 42.5 Å². The molecule has 1 aromatic carbocycles. The van der Waals surface area contributed by atoms with E-state index in [4.69, 9.17) is 0 Å². The Labute approximate surface area is 96.2 Å². The van der Waals surface area contributed by atoms with Crippen molar-refractivity contribution in [2.24, 2.45) is 0 Å². The number of thioether (sulfide) groups is 1. The number of aliphatic hydroxyl groups excluding tert-OH is 1. The molecule has 0 heterocycles. The van der Waals surface area contributed by atoms with Crippen LogP contribution < -0.4 is 0 Å². The van der Waals surface area contributed by atoms with Gasteiger partial charge in [-0.05, 0) is 43.2 Å². The van der Waals surface area contributed by atoms with Crippen molar-refractivity contribution in [3.8, 4) is 0 Å². The monoisotopic (exact) mass is 222 g/mol. The highest BCUT2D eigenvalue weighted by atomic mass is 32.2. The second-order valence-corrected chi connectivity index (χ2v) is 4.70. The van der Waals surface area contributed by atoms with Crippen molar-refractivity contribution in [1.82, 2.24) is 0 Å². The van der Waals surface area contributed by atoms with E-state index in [9.17, 15) is 5.11 Å². The van der Waals surface area contributed by atoms with Crippen molar-refractivity contribution in [3.63, 3.8) is 0 Å². The molecule has 0 aliphatic heterocycles.